The number of nitrogens with two attached hydrogens (primary N) is 1. The maximum Gasteiger partial charge on any atom is 0.222 e. The van der Waals surface area contributed by atoms with E-state index in [4.69, 9.17) is 17.3 Å². The van der Waals surface area contributed by atoms with Crippen molar-refractivity contribution in [2.75, 3.05) is 43.8 Å². The van der Waals surface area contributed by atoms with Gasteiger partial charge in [0.25, 0.3) is 0 Å². The molecule has 0 radical (unpaired) electrons. The molecule has 1 saturated heterocycles. The van der Waals surface area contributed by atoms with Gasteiger partial charge < -0.3 is 16.0 Å². The van der Waals surface area contributed by atoms with Crippen molar-refractivity contribution in [3.8, 4) is 11.1 Å². The Labute approximate surface area is 184 Å². The first-order chi connectivity index (χ1) is 14.5. The molecule has 30 heavy (non-hydrogen) atoms. The van der Waals surface area contributed by atoms with Crippen molar-refractivity contribution in [2.24, 2.45) is 5.92 Å². The van der Waals surface area contributed by atoms with E-state index >= 15 is 0 Å². The number of hydrogen-bond acceptors (Lipinski definition) is 4. The quantitative estimate of drug-likeness (QED) is 0.641. The molecule has 0 spiro atoms. The minimum atomic E-state index is 0.254. The van der Waals surface area contributed by atoms with E-state index in [1.165, 1.54) is 18.4 Å². The molecule has 0 bridgehead atoms. The second-order valence-electron chi connectivity index (χ2n) is 8.42. The third-order valence-electron chi connectivity index (χ3n) is 6.16. The van der Waals surface area contributed by atoms with Gasteiger partial charge in [-0.2, -0.15) is 0 Å². The van der Waals surface area contributed by atoms with Crippen LogP contribution in [0.3, 0.4) is 0 Å². The molecule has 2 fully saturated rings. The van der Waals surface area contributed by atoms with Gasteiger partial charge >= 0.3 is 0 Å². The van der Waals surface area contributed by atoms with Crippen LogP contribution in [0.1, 0.15) is 31.7 Å². The van der Waals surface area contributed by atoms with Gasteiger partial charge in [0.1, 0.15) is 0 Å². The molecule has 0 atom stereocenters. The Kier molecular flexibility index (Phi) is 6.49. The third-order valence-corrected chi connectivity index (χ3v) is 6.56. The maximum atomic E-state index is 11.8. The molecule has 1 aliphatic heterocycles. The lowest BCUT2D eigenvalue weighted by atomic mass is 10.0. The zero-order valence-electron chi connectivity index (χ0n) is 17.7. The lowest BCUT2D eigenvalue weighted by Gasteiger charge is -2.34. The molecule has 4 rings (SSSR count). The van der Waals surface area contributed by atoms with Crippen molar-refractivity contribution < 1.29 is 4.79 Å². The summed E-state index contributed by atoms with van der Waals surface area (Å²) >= 11 is 6.60. The van der Waals surface area contributed by atoms with E-state index in [2.05, 4.69) is 34.5 Å². The molecule has 0 aromatic heterocycles. The van der Waals surface area contributed by atoms with Crippen molar-refractivity contribution in [3.63, 3.8) is 0 Å². The Morgan fingerprint density at radius 3 is 2.43 bits per heavy atom. The third kappa shape index (κ3) is 4.90. The maximum absolute atomic E-state index is 11.8. The number of nitrogen functional groups attached to an aromatic ring is 1. The smallest absolute Gasteiger partial charge is 0.222 e. The van der Waals surface area contributed by atoms with Gasteiger partial charge in [-0.25, -0.2) is 0 Å². The van der Waals surface area contributed by atoms with Gasteiger partial charge in [-0.1, -0.05) is 48.9 Å². The molecule has 6 heteroatoms. The number of carbonyl (C=O) groups excluding carboxylic acids is 1. The number of nitrogens with zero attached hydrogens (tertiary/aromatic N) is 2. The van der Waals surface area contributed by atoms with Gasteiger partial charge in [-0.05, 0) is 36.0 Å². The molecule has 1 saturated carbocycles. The van der Waals surface area contributed by atoms with Crippen molar-refractivity contribution in [2.45, 2.75) is 32.7 Å². The average molecular weight is 427 g/mol. The SMILES string of the molecule is CCC(=O)N1CCN(Cc2ccc(-c3ccc(NCC4CC4)c(N)c3Cl)cc2)CC1. The van der Waals surface area contributed by atoms with Crippen LogP contribution >= 0.6 is 11.6 Å². The average Bonchev–Trinajstić information content (AvgIpc) is 3.60. The monoisotopic (exact) mass is 426 g/mol. The fourth-order valence-electron chi connectivity index (χ4n) is 3.97. The molecule has 1 heterocycles. The molecule has 2 aromatic carbocycles. The molecule has 1 amide bonds. The summed E-state index contributed by atoms with van der Waals surface area (Å²) in [6.45, 7) is 7.27. The highest BCUT2D eigenvalue weighted by molar-refractivity contribution is 6.36. The van der Waals surface area contributed by atoms with Crippen LogP contribution in [0.2, 0.25) is 5.02 Å². The summed E-state index contributed by atoms with van der Waals surface area (Å²) in [5.41, 5.74) is 11.1. The number of amides is 1. The molecule has 5 nitrogen and oxygen atoms in total. The summed E-state index contributed by atoms with van der Waals surface area (Å²) in [5, 5.41) is 4.03. The van der Waals surface area contributed by atoms with Crippen LogP contribution in [0.5, 0.6) is 0 Å². The number of benzene rings is 2. The van der Waals surface area contributed by atoms with Gasteiger partial charge in [-0.3, -0.25) is 9.69 Å². The second kappa shape index (κ2) is 9.27. The summed E-state index contributed by atoms with van der Waals surface area (Å²) in [4.78, 5) is 16.2. The predicted molar refractivity (Wildman–Crippen MR) is 125 cm³/mol. The van der Waals surface area contributed by atoms with Gasteiger partial charge in [0.15, 0.2) is 0 Å². The fraction of sp³-hybridized carbons (Fsp3) is 0.458. The molecule has 2 aliphatic rings. The van der Waals surface area contributed by atoms with E-state index in [-0.39, 0.29) is 5.91 Å². The summed E-state index contributed by atoms with van der Waals surface area (Å²) in [6, 6.07) is 12.6. The van der Waals surface area contributed by atoms with E-state index in [9.17, 15) is 4.79 Å². The van der Waals surface area contributed by atoms with Crippen molar-refractivity contribution in [1.29, 1.82) is 0 Å². The van der Waals surface area contributed by atoms with Crippen LogP contribution in [0.4, 0.5) is 11.4 Å². The van der Waals surface area contributed by atoms with Crippen LogP contribution in [-0.2, 0) is 11.3 Å². The van der Waals surface area contributed by atoms with E-state index < -0.39 is 0 Å². The lowest BCUT2D eigenvalue weighted by Crippen LogP contribution is -2.48. The molecule has 3 N–H and O–H groups in total. The number of nitrogens with one attached hydrogen (secondary N) is 1. The number of hydrogen-bond donors (Lipinski definition) is 2. The first-order valence-electron chi connectivity index (χ1n) is 11.0. The van der Waals surface area contributed by atoms with Gasteiger partial charge in [0, 0.05) is 51.3 Å². The Balaban J connectivity index is 1.37. The summed E-state index contributed by atoms with van der Waals surface area (Å²) < 4.78 is 0. The van der Waals surface area contributed by atoms with Crippen LogP contribution < -0.4 is 11.1 Å². The number of halogens is 1. The van der Waals surface area contributed by atoms with Crippen LogP contribution in [0.15, 0.2) is 36.4 Å². The Hall–Kier alpha value is -2.24. The largest absolute Gasteiger partial charge is 0.396 e. The molecule has 0 unspecified atom stereocenters. The normalized spacial score (nSPS) is 17.2. The number of rotatable bonds is 7. The van der Waals surface area contributed by atoms with Crippen molar-refractivity contribution in [1.82, 2.24) is 9.80 Å². The minimum absolute atomic E-state index is 0.254. The Morgan fingerprint density at radius 2 is 1.80 bits per heavy atom. The van der Waals surface area contributed by atoms with E-state index in [0.717, 1.165) is 62.0 Å². The standard InChI is InChI=1S/C24H31ClN4O/c1-2-22(30)29-13-11-28(12-14-29)16-18-5-7-19(8-6-18)20-9-10-21(24(26)23(20)25)27-15-17-3-4-17/h5-10,17,27H,2-4,11-16,26H2,1H3. The highest BCUT2D eigenvalue weighted by atomic mass is 35.5. The molecule has 160 valence electrons. The summed E-state index contributed by atoms with van der Waals surface area (Å²) in [5.74, 6) is 1.04. The summed E-state index contributed by atoms with van der Waals surface area (Å²) in [6.07, 6.45) is 3.20. The Morgan fingerprint density at radius 1 is 1.10 bits per heavy atom. The number of carbonyl (C=O) groups is 1. The van der Waals surface area contributed by atoms with Crippen LogP contribution in [0.25, 0.3) is 11.1 Å². The first kappa shape index (κ1) is 21.0. The fourth-order valence-corrected chi connectivity index (χ4v) is 4.25. The van der Waals surface area contributed by atoms with Crippen LogP contribution in [0, 0.1) is 5.92 Å². The van der Waals surface area contributed by atoms with E-state index in [1.807, 2.05) is 24.0 Å². The van der Waals surface area contributed by atoms with Gasteiger partial charge in [0.2, 0.25) is 5.91 Å². The van der Waals surface area contributed by atoms with Gasteiger partial charge in [0.05, 0.1) is 16.4 Å². The van der Waals surface area contributed by atoms with Gasteiger partial charge in [-0.15, -0.1) is 0 Å². The Bertz CT molecular complexity index is 887. The summed E-state index contributed by atoms with van der Waals surface area (Å²) in [7, 11) is 0. The lowest BCUT2D eigenvalue weighted by molar-refractivity contribution is -0.132. The minimum Gasteiger partial charge on any atom is -0.396 e. The molecule has 1 aliphatic carbocycles. The second-order valence-corrected chi connectivity index (χ2v) is 8.80. The topological polar surface area (TPSA) is 61.6 Å². The highest BCUT2D eigenvalue weighted by Gasteiger charge is 2.22. The van der Waals surface area contributed by atoms with Crippen molar-refractivity contribution in [3.05, 3.63) is 47.0 Å². The predicted octanol–water partition coefficient (Wildman–Crippen LogP) is 4.47. The first-order valence-corrected chi connectivity index (χ1v) is 11.3. The van der Waals surface area contributed by atoms with E-state index in [1.54, 1.807) is 0 Å². The molecular formula is C24H31ClN4O. The zero-order chi connectivity index (χ0) is 21.1. The number of piperazine rings is 1. The van der Waals surface area contributed by atoms with Crippen LogP contribution in [-0.4, -0.2) is 48.4 Å². The highest BCUT2D eigenvalue weighted by Crippen LogP contribution is 2.38. The number of anilines is 2. The molecule has 2 aromatic rings. The zero-order valence-corrected chi connectivity index (χ0v) is 18.4. The van der Waals surface area contributed by atoms with Crippen molar-refractivity contribution >= 4 is 28.9 Å². The van der Waals surface area contributed by atoms with E-state index in [0.29, 0.717) is 17.1 Å². The molecular weight excluding hydrogens is 396 g/mol.